The quantitative estimate of drug-likeness (QED) is 0.777. The van der Waals surface area contributed by atoms with Gasteiger partial charge < -0.3 is 10.2 Å². The van der Waals surface area contributed by atoms with Gasteiger partial charge in [-0.2, -0.15) is 0 Å². The van der Waals surface area contributed by atoms with Gasteiger partial charge in [0.15, 0.2) is 0 Å². The van der Waals surface area contributed by atoms with E-state index in [0.717, 1.165) is 30.5 Å². The Labute approximate surface area is 155 Å². The van der Waals surface area contributed by atoms with E-state index in [0.29, 0.717) is 19.5 Å². The van der Waals surface area contributed by atoms with Gasteiger partial charge in [-0.25, -0.2) is 0 Å². The fraction of sp³-hybridized carbons (Fsp3) is 0.364. The van der Waals surface area contributed by atoms with Gasteiger partial charge in [-0.15, -0.1) is 0 Å². The lowest BCUT2D eigenvalue weighted by Gasteiger charge is -2.19. The molecule has 0 unspecified atom stereocenters. The third-order valence-electron chi connectivity index (χ3n) is 4.94. The lowest BCUT2D eigenvalue weighted by Crippen LogP contribution is -2.33. The summed E-state index contributed by atoms with van der Waals surface area (Å²) < 4.78 is 0. The molecule has 2 amide bonds. The first-order valence-electron chi connectivity index (χ1n) is 9.33. The van der Waals surface area contributed by atoms with Crippen LogP contribution in [-0.4, -0.2) is 24.9 Å². The van der Waals surface area contributed by atoms with Crippen molar-refractivity contribution in [2.45, 2.75) is 32.6 Å². The number of nitrogens with one attached hydrogen (secondary N) is 1. The fourth-order valence-electron chi connectivity index (χ4n) is 3.44. The Balaban J connectivity index is 1.43. The van der Waals surface area contributed by atoms with E-state index in [1.165, 1.54) is 5.56 Å². The molecule has 0 bridgehead atoms. The average Bonchev–Trinajstić information content (AvgIpc) is 3.04. The van der Waals surface area contributed by atoms with Gasteiger partial charge in [0.25, 0.3) is 0 Å². The van der Waals surface area contributed by atoms with Crippen LogP contribution in [-0.2, 0) is 16.0 Å². The van der Waals surface area contributed by atoms with Gasteiger partial charge in [0.1, 0.15) is 0 Å². The molecular weight excluding hydrogens is 324 g/mol. The van der Waals surface area contributed by atoms with Crippen molar-refractivity contribution in [1.82, 2.24) is 5.32 Å². The molecule has 0 spiro atoms. The van der Waals surface area contributed by atoms with Crippen LogP contribution in [0.5, 0.6) is 0 Å². The molecule has 2 aromatic carbocycles. The van der Waals surface area contributed by atoms with Crippen molar-refractivity contribution in [2.75, 3.05) is 18.0 Å². The summed E-state index contributed by atoms with van der Waals surface area (Å²) in [5.74, 6) is -0.228. The van der Waals surface area contributed by atoms with Crippen molar-refractivity contribution in [3.8, 4) is 0 Å². The molecule has 0 aliphatic carbocycles. The van der Waals surface area contributed by atoms with Crippen LogP contribution >= 0.6 is 0 Å². The largest absolute Gasteiger partial charge is 0.356 e. The van der Waals surface area contributed by atoms with Gasteiger partial charge in [-0.05, 0) is 43.4 Å². The first kappa shape index (κ1) is 18.2. The van der Waals surface area contributed by atoms with Gasteiger partial charge in [0.05, 0.1) is 5.92 Å². The summed E-state index contributed by atoms with van der Waals surface area (Å²) in [7, 11) is 0. The molecule has 4 heteroatoms. The molecule has 4 nitrogen and oxygen atoms in total. The Morgan fingerprint density at radius 2 is 1.81 bits per heavy atom. The Kier molecular flexibility index (Phi) is 6.05. The standard InChI is InChI=1S/C22H26N2O2/c1-17-9-5-6-13-20(17)24-16-19(15-21(24)25)22(26)23-14-8-7-12-18-10-3-2-4-11-18/h2-6,9-11,13,19H,7-8,12,14-16H2,1H3,(H,23,26)/t19-/m0/s1. The number of carbonyl (C=O) groups excluding carboxylic acids is 2. The van der Waals surface area contributed by atoms with Crippen LogP contribution in [0.3, 0.4) is 0 Å². The van der Waals surface area contributed by atoms with Crippen LogP contribution < -0.4 is 10.2 Å². The van der Waals surface area contributed by atoms with Gasteiger partial charge in [-0.1, -0.05) is 48.5 Å². The number of amides is 2. The van der Waals surface area contributed by atoms with E-state index in [1.54, 1.807) is 4.90 Å². The first-order valence-corrected chi connectivity index (χ1v) is 9.33. The first-order chi connectivity index (χ1) is 12.6. The normalized spacial score (nSPS) is 16.7. The zero-order valence-corrected chi connectivity index (χ0v) is 15.3. The minimum absolute atomic E-state index is 0.00542. The number of aryl methyl sites for hydroxylation is 2. The van der Waals surface area contributed by atoms with Crippen LogP contribution in [0, 0.1) is 12.8 Å². The average molecular weight is 350 g/mol. The second-order valence-electron chi connectivity index (χ2n) is 6.93. The summed E-state index contributed by atoms with van der Waals surface area (Å²) in [5, 5.41) is 3.00. The lowest BCUT2D eigenvalue weighted by atomic mass is 10.1. The van der Waals surface area contributed by atoms with Crippen LogP contribution in [0.25, 0.3) is 0 Å². The van der Waals surface area contributed by atoms with Crippen molar-refractivity contribution in [2.24, 2.45) is 5.92 Å². The highest BCUT2D eigenvalue weighted by molar-refractivity contribution is 6.00. The van der Waals surface area contributed by atoms with Crippen molar-refractivity contribution in [1.29, 1.82) is 0 Å². The van der Waals surface area contributed by atoms with Crippen LogP contribution in [0.2, 0.25) is 0 Å². The summed E-state index contributed by atoms with van der Waals surface area (Å²) in [6.45, 7) is 3.13. The van der Waals surface area contributed by atoms with Gasteiger partial charge >= 0.3 is 0 Å². The molecule has 1 fully saturated rings. The number of anilines is 1. The molecule has 0 aromatic heterocycles. The Hall–Kier alpha value is -2.62. The second kappa shape index (κ2) is 8.65. The molecule has 1 atom stereocenters. The monoisotopic (exact) mass is 350 g/mol. The number of nitrogens with zero attached hydrogens (tertiary/aromatic N) is 1. The van der Waals surface area contributed by atoms with E-state index in [4.69, 9.17) is 0 Å². The highest BCUT2D eigenvalue weighted by Crippen LogP contribution is 2.27. The summed E-state index contributed by atoms with van der Waals surface area (Å²) in [6, 6.07) is 18.2. The molecule has 26 heavy (non-hydrogen) atoms. The van der Waals surface area contributed by atoms with E-state index in [-0.39, 0.29) is 17.7 Å². The third kappa shape index (κ3) is 4.51. The smallest absolute Gasteiger partial charge is 0.227 e. The zero-order chi connectivity index (χ0) is 18.4. The Morgan fingerprint density at radius 3 is 2.58 bits per heavy atom. The molecule has 3 rings (SSSR count). The molecule has 2 aromatic rings. The molecule has 1 N–H and O–H groups in total. The fourth-order valence-corrected chi connectivity index (χ4v) is 3.44. The topological polar surface area (TPSA) is 49.4 Å². The molecule has 1 saturated heterocycles. The van der Waals surface area contributed by atoms with Crippen LogP contribution in [0.4, 0.5) is 5.69 Å². The van der Waals surface area contributed by atoms with Crippen molar-refractivity contribution >= 4 is 17.5 Å². The molecular formula is C22H26N2O2. The second-order valence-corrected chi connectivity index (χ2v) is 6.93. The lowest BCUT2D eigenvalue weighted by molar-refractivity contribution is -0.126. The number of hydrogen-bond donors (Lipinski definition) is 1. The predicted molar refractivity (Wildman–Crippen MR) is 104 cm³/mol. The van der Waals surface area contributed by atoms with Gasteiger partial charge in [-0.3, -0.25) is 9.59 Å². The highest BCUT2D eigenvalue weighted by atomic mass is 16.2. The predicted octanol–water partition coefficient (Wildman–Crippen LogP) is 3.49. The maximum absolute atomic E-state index is 12.4. The van der Waals surface area contributed by atoms with Gasteiger partial charge in [0, 0.05) is 25.2 Å². The maximum atomic E-state index is 12.4. The van der Waals surface area contributed by atoms with Gasteiger partial charge in [0.2, 0.25) is 11.8 Å². The van der Waals surface area contributed by atoms with E-state index in [2.05, 4.69) is 29.6 Å². The van der Waals surface area contributed by atoms with Crippen LogP contribution in [0.15, 0.2) is 54.6 Å². The van der Waals surface area contributed by atoms with Crippen molar-refractivity contribution in [3.63, 3.8) is 0 Å². The van der Waals surface area contributed by atoms with Crippen molar-refractivity contribution < 1.29 is 9.59 Å². The maximum Gasteiger partial charge on any atom is 0.227 e. The molecule has 136 valence electrons. The van der Waals surface area contributed by atoms with E-state index in [1.807, 2.05) is 37.3 Å². The molecule has 0 radical (unpaired) electrons. The molecule has 1 aliphatic heterocycles. The number of carbonyl (C=O) groups is 2. The SMILES string of the molecule is Cc1ccccc1N1C[C@@H](C(=O)NCCCCc2ccccc2)CC1=O. The molecule has 1 aliphatic rings. The minimum atomic E-state index is -0.253. The molecule has 0 saturated carbocycles. The summed E-state index contributed by atoms with van der Waals surface area (Å²) >= 11 is 0. The zero-order valence-electron chi connectivity index (χ0n) is 15.3. The number of para-hydroxylation sites is 1. The van der Waals surface area contributed by atoms with Crippen molar-refractivity contribution in [3.05, 3.63) is 65.7 Å². The third-order valence-corrected chi connectivity index (χ3v) is 4.94. The highest BCUT2D eigenvalue weighted by Gasteiger charge is 2.35. The van der Waals surface area contributed by atoms with E-state index in [9.17, 15) is 9.59 Å². The minimum Gasteiger partial charge on any atom is -0.356 e. The Morgan fingerprint density at radius 1 is 1.08 bits per heavy atom. The van der Waals surface area contributed by atoms with E-state index < -0.39 is 0 Å². The number of hydrogen-bond acceptors (Lipinski definition) is 2. The number of benzene rings is 2. The van der Waals surface area contributed by atoms with Crippen LogP contribution in [0.1, 0.15) is 30.4 Å². The summed E-state index contributed by atoms with van der Waals surface area (Å²) in [4.78, 5) is 26.5. The Bertz CT molecular complexity index is 758. The molecule has 1 heterocycles. The summed E-state index contributed by atoms with van der Waals surface area (Å²) in [5.41, 5.74) is 3.30. The number of unbranched alkanes of at least 4 members (excludes halogenated alkanes) is 1. The van der Waals surface area contributed by atoms with E-state index >= 15 is 0 Å². The number of rotatable bonds is 7. The summed E-state index contributed by atoms with van der Waals surface area (Å²) in [6.07, 6.45) is 3.32.